The Morgan fingerprint density at radius 1 is 1.03 bits per heavy atom. The zero-order chi connectivity index (χ0) is 23.3. The Labute approximate surface area is 205 Å². The van der Waals surface area contributed by atoms with Crippen molar-refractivity contribution in [3.05, 3.63) is 76.7 Å². The molecule has 1 amide bonds. The molecule has 2 fully saturated rings. The molecule has 3 aromatic rings. The average Bonchev–Trinajstić information content (AvgIpc) is 3.44. The molecule has 5 rings (SSSR count). The van der Waals surface area contributed by atoms with Crippen LogP contribution in [0.3, 0.4) is 0 Å². The maximum Gasteiger partial charge on any atom is 0.257 e. The number of benzene rings is 1. The van der Waals surface area contributed by atoms with Gasteiger partial charge >= 0.3 is 0 Å². The third-order valence-corrected chi connectivity index (χ3v) is 8.17. The predicted octanol–water partition coefficient (Wildman–Crippen LogP) is 4.81. The number of pyridine rings is 1. The fraction of sp³-hybridized carbons (Fsp3) is 0.407. The first-order valence-electron chi connectivity index (χ1n) is 12.2. The van der Waals surface area contributed by atoms with Crippen molar-refractivity contribution in [3.8, 4) is 0 Å². The van der Waals surface area contributed by atoms with Crippen LogP contribution in [0.25, 0.3) is 0 Å². The average molecular weight is 477 g/mol. The number of aromatic nitrogens is 1. The number of thiophene rings is 1. The number of anilines is 2. The quantitative estimate of drug-likeness (QED) is 0.534. The summed E-state index contributed by atoms with van der Waals surface area (Å²) < 4.78 is 0. The highest BCUT2D eigenvalue weighted by molar-refractivity contribution is 7.10. The summed E-state index contributed by atoms with van der Waals surface area (Å²) in [5.41, 5.74) is 2.51. The first-order valence-corrected chi connectivity index (χ1v) is 13.1. The molecule has 4 heterocycles. The Hall–Kier alpha value is -2.74. The second-order valence-electron chi connectivity index (χ2n) is 9.30. The fourth-order valence-corrected chi connectivity index (χ4v) is 6.07. The summed E-state index contributed by atoms with van der Waals surface area (Å²) in [4.78, 5) is 22.7. The third-order valence-electron chi connectivity index (χ3n) is 7.23. The van der Waals surface area contributed by atoms with Crippen molar-refractivity contribution in [1.29, 1.82) is 0 Å². The maximum atomic E-state index is 12.5. The number of carbonyl (C=O) groups excluding carboxylic acids is 1. The van der Waals surface area contributed by atoms with Crippen molar-refractivity contribution >= 4 is 28.6 Å². The van der Waals surface area contributed by atoms with Crippen LogP contribution in [0, 0.1) is 5.92 Å². The number of nitrogens with zero attached hydrogens (tertiary/aromatic N) is 3. The van der Waals surface area contributed by atoms with Gasteiger partial charge in [0.1, 0.15) is 0 Å². The summed E-state index contributed by atoms with van der Waals surface area (Å²) in [6.07, 6.45) is 7.35. The summed E-state index contributed by atoms with van der Waals surface area (Å²) in [5, 5.41) is 15.7. The molecule has 0 radical (unpaired) electrons. The SMILES string of the molecule is O=C(Nc1cccc(N2CCC(N3CCC([C@@H](O)c4cccs4)CC3)CC2)c1)c1cccnc1. The number of carbonyl (C=O) groups is 1. The predicted molar refractivity (Wildman–Crippen MR) is 137 cm³/mol. The summed E-state index contributed by atoms with van der Waals surface area (Å²) in [5.74, 6) is 0.233. The minimum Gasteiger partial charge on any atom is -0.387 e. The van der Waals surface area contributed by atoms with Gasteiger partial charge in [-0.05, 0) is 86.5 Å². The molecule has 7 heteroatoms. The molecule has 2 aromatic heterocycles. The molecule has 6 nitrogen and oxygen atoms in total. The Balaban J connectivity index is 1.12. The number of hydrogen-bond acceptors (Lipinski definition) is 6. The third kappa shape index (κ3) is 5.32. The molecule has 2 aliphatic rings. The first-order chi connectivity index (χ1) is 16.7. The number of amides is 1. The van der Waals surface area contributed by atoms with Gasteiger partial charge in [-0.2, -0.15) is 0 Å². The summed E-state index contributed by atoms with van der Waals surface area (Å²) in [6, 6.07) is 16.3. The number of hydrogen-bond donors (Lipinski definition) is 2. The zero-order valence-corrected chi connectivity index (χ0v) is 20.2. The molecular formula is C27H32N4O2S. The van der Waals surface area contributed by atoms with Crippen molar-refractivity contribution < 1.29 is 9.90 Å². The number of aliphatic hydroxyl groups excluding tert-OH is 1. The topological polar surface area (TPSA) is 68.7 Å². The van der Waals surface area contributed by atoms with E-state index in [1.165, 1.54) is 0 Å². The highest BCUT2D eigenvalue weighted by atomic mass is 32.1. The molecule has 0 spiro atoms. The molecule has 1 atom stereocenters. The van der Waals surface area contributed by atoms with Crippen LogP contribution in [0.15, 0.2) is 66.3 Å². The van der Waals surface area contributed by atoms with Crippen molar-refractivity contribution in [3.63, 3.8) is 0 Å². The van der Waals surface area contributed by atoms with Crippen LogP contribution in [0.4, 0.5) is 11.4 Å². The minimum absolute atomic E-state index is 0.142. The molecule has 0 saturated carbocycles. The minimum atomic E-state index is -0.310. The van der Waals surface area contributed by atoms with Crippen LogP contribution >= 0.6 is 11.3 Å². The molecule has 0 unspecified atom stereocenters. The van der Waals surface area contributed by atoms with E-state index in [9.17, 15) is 9.90 Å². The van der Waals surface area contributed by atoms with Crippen molar-refractivity contribution in [2.75, 3.05) is 36.4 Å². The van der Waals surface area contributed by atoms with E-state index in [2.05, 4.69) is 38.3 Å². The van der Waals surface area contributed by atoms with Gasteiger partial charge in [0.25, 0.3) is 5.91 Å². The summed E-state index contributed by atoms with van der Waals surface area (Å²) >= 11 is 1.66. The molecule has 0 aliphatic carbocycles. The second-order valence-corrected chi connectivity index (χ2v) is 10.3. The van der Waals surface area contributed by atoms with Gasteiger partial charge in [-0.15, -0.1) is 11.3 Å². The highest BCUT2D eigenvalue weighted by Gasteiger charge is 2.31. The summed E-state index contributed by atoms with van der Waals surface area (Å²) in [7, 11) is 0. The molecule has 1 aromatic carbocycles. The number of aliphatic hydroxyl groups is 1. The van der Waals surface area contributed by atoms with Gasteiger partial charge in [0.2, 0.25) is 0 Å². The van der Waals surface area contributed by atoms with Crippen molar-refractivity contribution in [2.24, 2.45) is 5.92 Å². The molecule has 2 saturated heterocycles. The Kier molecular flexibility index (Phi) is 7.23. The lowest BCUT2D eigenvalue weighted by atomic mass is 9.88. The van der Waals surface area contributed by atoms with Gasteiger partial charge < -0.3 is 20.2 Å². The number of piperidine rings is 2. The number of nitrogens with one attached hydrogen (secondary N) is 1. The van der Waals surface area contributed by atoms with Gasteiger partial charge in [-0.3, -0.25) is 9.78 Å². The molecule has 2 aliphatic heterocycles. The van der Waals surface area contributed by atoms with Crippen LogP contribution in [0.1, 0.15) is 47.0 Å². The Morgan fingerprint density at radius 2 is 1.85 bits per heavy atom. The zero-order valence-electron chi connectivity index (χ0n) is 19.3. The Bertz CT molecular complexity index is 1060. The van der Waals surface area contributed by atoms with E-state index in [0.29, 0.717) is 17.5 Å². The fourth-order valence-electron chi connectivity index (χ4n) is 5.26. The number of rotatable bonds is 6. The summed E-state index contributed by atoms with van der Waals surface area (Å²) in [6.45, 7) is 4.19. The normalized spacial score (nSPS) is 19.1. The van der Waals surface area contributed by atoms with E-state index in [1.807, 2.05) is 23.6 Å². The largest absolute Gasteiger partial charge is 0.387 e. The van der Waals surface area contributed by atoms with E-state index in [-0.39, 0.29) is 12.0 Å². The van der Waals surface area contributed by atoms with Gasteiger partial charge in [0, 0.05) is 47.8 Å². The highest BCUT2D eigenvalue weighted by Crippen LogP contribution is 2.34. The van der Waals surface area contributed by atoms with Crippen LogP contribution in [0.5, 0.6) is 0 Å². The molecule has 34 heavy (non-hydrogen) atoms. The second kappa shape index (κ2) is 10.7. The van der Waals surface area contributed by atoms with E-state index in [1.54, 1.807) is 35.9 Å². The lowest BCUT2D eigenvalue weighted by molar-refractivity contribution is 0.0422. The van der Waals surface area contributed by atoms with E-state index in [0.717, 1.165) is 68.1 Å². The lowest BCUT2D eigenvalue weighted by Crippen LogP contribution is -2.48. The molecule has 178 valence electrons. The van der Waals surface area contributed by atoms with Crippen LogP contribution < -0.4 is 10.2 Å². The van der Waals surface area contributed by atoms with Gasteiger partial charge in [-0.25, -0.2) is 0 Å². The smallest absolute Gasteiger partial charge is 0.257 e. The van der Waals surface area contributed by atoms with E-state index >= 15 is 0 Å². The van der Waals surface area contributed by atoms with E-state index in [4.69, 9.17) is 0 Å². The molecule has 2 N–H and O–H groups in total. The Morgan fingerprint density at radius 3 is 2.56 bits per heavy atom. The van der Waals surface area contributed by atoms with Crippen LogP contribution in [-0.4, -0.2) is 53.1 Å². The van der Waals surface area contributed by atoms with Crippen LogP contribution in [0.2, 0.25) is 0 Å². The maximum absolute atomic E-state index is 12.5. The monoisotopic (exact) mass is 476 g/mol. The lowest BCUT2D eigenvalue weighted by Gasteiger charge is -2.43. The molecule has 0 bridgehead atoms. The van der Waals surface area contributed by atoms with Gasteiger partial charge in [0.15, 0.2) is 0 Å². The van der Waals surface area contributed by atoms with Gasteiger partial charge in [-0.1, -0.05) is 12.1 Å². The van der Waals surface area contributed by atoms with Crippen molar-refractivity contribution in [1.82, 2.24) is 9.88 Å². The first kappa shape index (κ1) is 23.0. The van der Waals surface area contributed by atoms with Crippen molar-refractivity contribution in [2.45, 2.75) is 37.8 Å². The number of likely N-dealkylation sites (tertiary alicyclic amines) is 1. The standard InChI is InChI=1S/C27H32N4O2S/c32-26(25-7-3-17-34-25)20-8-13-30(14-9-20)23-10-15-31(16-11-23)24-6-1-5-22(18-24)29-27(33)21-4-2-12-28-19-21/h1-7,12,17-20,23,26,32H,8-11,13-16H2,(H,29,33)/t26-/m1/s1. The van der Waals surface area contributed by atoms with E-state index < -0.39 is 0 Å². The van der Waals surface area contributed by atoms with Gasteiger partial charge in [0.05, 0.1) is 11.7 Å². The molecular weight excluding hydrogens is 444 g/mol. The van der Waals surface area contributed by atoms with Crippen LogP contribution in [-0.2, 0) is 0 Å².